The number of benzene rings is 2. The number of anilines is 1. The molecule has 106 valence electrons. The van der Waals surface area contributed by atoms with Gasteiger partial charge in [-0.05, 0) is 55.5 Å². The summed E-state index contributed by atoms with van der Waals surface area (Å²) in [5.41, 5.74) is 8.64. The molecule has 4 heteroatoms. The third-order valence-corrected chi connectivity index (χ3v) is 4.28. The van der Waals surface area contributed by atoms with Crippen molar-refractivity contribution in [3.05, 3.63) is 54.2 Å². The van der Waals surface area contributed by atoms with Gasteiger partial charge in [-0.1, -0.05) is 11.8 Å². The van der Waals surface area contributed by atoms with Crippen molar-refractivity contribution in [3.8, 4) is 5.75 Å². The van der Waals surface area contributed by atoms with Gasteiger partial charge in [-0.15, -0.1) is 0 Å². The second kappa shape index (κ2) is 5.66. The van der Waals surface area contributed by atoms with Crippen LogP contribution in [-0.4, -0.2) is 12.1 Å². The van der Waals surface area contributed by atoms with Gasteiger partial charge in [0.25, 0.3) is 0 Å². The fourth-order valence-electron chi connectivity index (χ4n) is 2.19. The summed E-state index contributed by atoms with van der Waals surface area (Å²) in [6, 6.07) is 16.0. The van der Waals surface area contributed by atoms with Crippen LogP contribution in [0.3, 0.4) is 0 Å². The quantitative estimate of drug-likeness (QED) is 0.733. The minimum Gasteiger partial charge on any atom is -0.497 e. The smallest absolute Gasteiger partial charge is 0.118 e. The number of pyridine rings is 1. The van der Waals surface area contributed by atoms with E-state index in [0.717, 1.165) is 37.8 Å². The number of rotatable bonds is 3. The maximum Gasteiger partial charge on any atom is 0.118 e. The molecule has 3 aromatic rings. The van der Waals surface area contributed by atoms with Crippen molar-refractivity contribution in [2.45, 2.75) is 16.7 Å². The van der Waals surface area contributed by atoms with Crippen molar-refractivity contribution in [3.63, 3.8) is 0 Å². The lowest BCUT2D eigenvalue weighted by atomic mass is 10.2. The second-order valence-electron chi connectivity index (χ2n) is 4.82. The van der Waals surface area contributed by atoms with E-state index in [1.165, 1.54) is 0 Å². The zero-order valence-electron chi connectivity index (χ0n) is 12.0. The van der Waals surface area contributed by atoms with Crippen LogP contribution >= 0.6 is 11.8 Å². The second-order valence-corrected chi connectivity index (χ2v) is 5.93. The Morgan fingerprint density at radius 1 is 1.05 bits per heavy atom. The van der Waals surface area contributed by atoms with E-state index >= 15 is 0 Å². The molecule has 0 atom stereocenters. The highest BCUT2D eigenvalue weighted by Crippen LogP contribution is 2.35. The summed E-state index contributed by atoms with van der Waals surface area (Å²) >= 11 is 1.71. The Kier molecular flexibility index (Phi) is 3.71. The maximum atomic E-state index is 5.91. The van der Waals surface area contributed by atoms with E-state index in [2.05, 4.69) is 23.2 Å². The normalized spacial score (nSPS) is 10.8. The fraction of sp³-hybridized carbons (Fsp3) is 0.118. The summed E-state index contributed by atoms with van der Waals surface area (Å²) in [5, 5.41) is 1.08. The Labute approximate surface area is 128 Å². The lowest BCUT2D eigenvalue weighted by Crippen LogP contribution is -1.90. The van der Waals surface area contributed by atoms with Crippen molar-refractivity contribution in [2.24, 2.45) is 0 Å². The van der Waals surface area contributed by atoms with Gasteiger partial charge in [0, 0.05) is 26.6 Å². The molecule has 3 nitrogen and oxygen atoms in total. The van der Waals surface area contributed by atoms with Crippen molar-refractivity contribution in [1.82, 2.24) is 4.98 Å². The summed E-state index contributed by atoms with van der Waals surface area (Å²) in [5.74, 6) is 0.861. The summed E-state index contributed by atoms with van der Waals surface area (Å²) in [6.45, 7) is 2.01. The topological polar surface area (TPSA) is 48.1 Å². The molecule has 0 fully saturated rings. The van der Waals surface area contributed by atoms with E-state index in [4.69, 9.17) is 10.5 Å². The molecule has 21 heavy (non-hydrogen) atoms. The average molecular weight is 296 g/mol. The SMILES string of the molecule is COc1ccc(Sc2cc(C)nc3ccc(N)cc23)cc1. The third-order valence-electron chi connectivity index (χ3n) is 3.21. The van der Waals surface area contributed by atoms with E-state index in [9.17, 15) is 0 Å². The van der Waals surface area contributed by atoms with Crippen molar-refractivity contribution >= 4 is 28.4 Å². The van der Waals surface area contributed by atoms with Crippen LogP contribution in [0.25, 0.3) is 10.9 Å². The van der Waals surface area contributed by atoms with Crippen LogP contribution in [0, 0.1) is 6.92 Å². The first kappa shape index (κ1) is 13.8. The number of hydrogen-bond donors (Lipinski definition) is 1. The van der Waals surface area contributed by atoms with Crippen LogP contribution in [0.1, 0.15) is 5.69 Å². The number of nitrogens with zero attached hydrogens (tertiary/aromatic N) is 1. The first-order valence-corrected chi connectivity index (χ1v) is 7.46. The van der Waals surface area contributed by atoms with Gasteiger partial charge in [0.2, 0.25) is 0 Å². The van der Waals surface area contributed by atoms with Crippen LogP contribution in [-0.2, 0) is 0 Å². The Morgan fingerprint density at radius 2 is 1.81 bits per heavy atom. The van der Waals surface area contributed by atoms with Crippen LogP contribution in [0.15, 0.2) is 58.3 Å². The van der Waals surface area contributed by atoms with Gasteiger partial charge in [-0.2, -0.15) is 0 Å². The predicted molar refractivity (Wildman–Crippen MR) is 88.0 cm³/mol. The summed E-state index contributed by atoms with van der Waals surface area (Å²) in [4.78, 5) is 6.88. The molecule has 0 unspecified atom stereocenters. The number of nitrogens with two attached hydrogens (primary N) is 1. The van der Waals surface area contributed by atoms with Gasteiger partial charge in [-0.3, -0.25) is 4.98 Å². The molecule has 0 aliphatic carbocycles. The molecular formula is C17H16N2OS. The summed E-state index contributed by atoms with van der Waals surface area (Å²) in [7, 11) is 1.67. The van der Waals surface area contributed by atoms with Gasteiger partial charge in [0.1, 0.15) is 5.75 Å². The minimum absolute atomic E-state index is 0.754. The standard InChI is InChI=1S/C17H16N2OS/c1-11-9-17(15-10-12(18)3-8-16(15)19-11)21-14-6-4-13(20-2)5-7-14/h3-10H,18H2,1-2H3. The number of fused-ring (bicyclic) bond motifs is 1. The molecule has 2 N–H and O–H groups in total. The lowest BCUT2D eigenvalue weighted by molar-refractivity contribution is 0.414. The molecular weight excluding hydrogens is 280 g/mol. The molecule has 1 aromatic heterocycles. The summed E-state index contributed by atoms with van der Waals surface area (Å²) in [6.07, 6.45) is 0. The van der Waals surface area contributed by atoms with E-state index in [1.54, 1.807) is 18.9 Å². The summed E-state index contributed by atoms with van der Waals surface area (Å²) < 4.78 is 5.19. The minimum atomic E-state index is 0.754. The number of methoxy groups -OCH3 is 1. The molecule has 3 rings (SSSR count). The molecule has 0 radical (unpaired) electrons. The molecule has 0 saturated carbocycles. The highest BCUT2D eigenvalue weighted by atomic mass is 32.2. The average Bonchev–Trinajstić information content (AvgIpc) is 2.49. The Balaban J connectivity index is 2.04. The Hall–Kier alpha value is -2.20. The molecule has 0 aliphatic rings. The number of hydrogen-bond acceptors (Lipinski definition) is 4. The largest absolute Gasteiger partial charge is 0.497 e. The van der Waals surface area contributed by atoms with Crippen LogP contribution in [0.4, 0.5) is 5.69 Å². The van der Waals surface area contributed by atoms with Crippen molar-refractivity contribution in [2.75, 3.05) is 12.8 Å². The van der Waals surface area contributed by atoms with Gasteiger partial charge in [0.05, 0.1) is 12.6 Å². The molecule has 0 aliphatic heterocycles. The molecule has 1 heterocycles. The monoisotopic (exact) mass is 296 g/mol. The van der Waals surface area contributed by atoms with Crippen molar-refractivity contribution < 1.29 is 4.74 Å². The van der Waals surface area contributed by atoms with Gasteiger partial charge >= 0.3 is 0 Å². The first-order valence-electron chi connectivity index (χ1n) is 6.64. The third kappa shape index (κ3) is 2.95. The fourth-order valence-corrected chi connectivity index (χ4v) is 3.22. The van der Waals surface area contributed by atoms with Gasteiger partial charge in [-0.25, -0.2) is 0 Å². The molecule has 2 aromatic carbocycles. The van der Waals surface area contributed by atoms with Crippen LogP contribution in [0.2, 0.25) is 0 Å². The zero-order chi connectivity index (χ0) is 14.8. The Bertz CT molecular complexity index is 785. The highest BCUT2D eigenvalue weighted by Gasteiger charge is 2.07. The zero-order valence-corrected chi connectivity index (χ0v) is 12.8. The van der Waals surface area contributed by atoms with Gasteiger partial charge < -0.3 is 10.5 Å². The number of aromatic nitrogens is 1. The lowest BCUT2D eigenvalue weighted by Gasteiger charge is -2.09. The molecule has 0 bridgehead atoms. The first-order chi connectivity index (χ1) is 10.2. The van der Waals surface area contributed by atoms with E-state index in [0.29, 0.717) is 0 Å². The maximum absolute atomic E-state index is 5.91. The predicted octanol–water partition coefficient (Wildman–Crippen LogP) is 4.29. The Morgan fingerprint density at radius 3 is 2.52 bits per heavy atom. The van der Waals surface area contributed by atoms with Crippen LogP contribution in [0.5, 0.6) is 5.75 Å². The number of ether oxygens (including phenoxy) is 1. The molecule has 0 spiro atoms. The van der Waals surface area contributed by atoms with Gasteiger partial charge in [0.15, 0.2) is 0 Å². The van der Waals surface area contributed by atoms with E-state index in [-0.39, 0.29) is 0 Å². The van der Waals surface area contributed by atoms with E-state index in [1.807, 2.05) is 37.3 Å². The van der Waals surface area contributed by atoms with Crippen LogP contribution < -0.4 is 10.5 Å². The molecule has 0 saturated heterocycles. The van der Waals surface area contributed by atoms with Crippen molar-refractivity contribution in [1.29, 1.82) is 0 Å². The number of nitrogen functional groups attached to an aromatic ring is 1. The number of aryl methyl sites for hydroxylation is 1. The highest BCUT2D eigenvalue weighted by molar-refractivity contribution is 7.99. The molecule has 0 amide bonds. The van der Waals surface area contributed by atoms with E-state index < -0.39 is 0 Å².